The zero-order valence-electron chi connectivity index (χ0n) is 19.3. The normalized spacial score (nSPS) is 11.0. The number of rotatable bonds is 5. The van der Waals surface area contributed by atoms with E-state index in [9.17, 15) is 10.2 Å². The Morgan fingerprint density at radius 1 is 0.361 bits per heavy atom. The second-order valence-electron chi connectivity index (χ2n) is 8.53. The Hall–Kier alpha value is -4.96. The summed E-state index contributed by atoms with van der Waals surface area (Å²) in [5.74, 6) is 1.28. The summed E-state index contributed by atoms with van der Waals surface area (Å²) in [4.78, 5) is 12.3. The fourth-order valence-corrected chi connectivity index (χ4v) is 4.58. The van der Waals surface area contributed by atoms with Crippen LogP contribution in [0.4, 0.5) is 0 Å². The van der Waals surface area contributed by atoms with Crippen molar-refractivity contribution in [2.24, 2.45) is 0 Å². The molecule has 0 radical (unpaired) electrons. The van der Waals surface area contributed by atoms with Crippen molar-refractivity contribution in [2.75, 3.05) is 0 Å². The van der Waals surface area contributed by atoms with Gasteiger partial charge in [0.15, 0.2) is 11.5 Å². The average molecular weight is 471 g/mol. The van der Waals surface area contributed by atoms with Gasteiger partial charge in [0.1, 0.15) is 11.5 Å². The van der Waals surface area contributed by atoms with E-state index in [0.29, 0.717) is 33.8 Å². The molecule has 6 aromatic carbocycles. The van der Waals surface area contributed by atoms with E-state index >= 15 is 0 Å². The van der Waals surface area contributed by atoms with Gasteiger partial charge in [-0.15, -0.1) is 0 Å². The van der Waals surface area contributed by atoms with Crippen molar-refractivity contribution in [2.45, 2.75) is 0 Å². The van der Waals surface area contributed by atoms with Crippen molar-refractivity contribution in [1.82, 2.24) is 0 Å². The number of phenolic OH excluding ortho intramolecular Hbond substituents is 2. The number of para-hydroxylation sites is 2. The fourth-order valence-electron chi connectivity index (χ4n) is 4.58. The Bertz CT molecular complexity index is 1590. The standard InChI is InChI=1S/C32H22O4/c33-29-15-7-5-13-25(29)27-19-17-21-9-1-3-11-23(21)31(27)35-36-32-24-12-4-2-10-22(24)18-20-28(32)26-14-6-8-16-30(26)34/h1-20,33-34H. The highest BCUT2D eigenvalue weighted by molar-refractivity contribution is 5.97. The number of phenols is 2. The Balaban J connectivity index is 1.53. The molecule has 6 rings (SSSR count). The molecule has 0 bridgehead atoms. The number of fused-ring (bicyclic) bond motifs is 2. The molecule has 4 heteroatoms. The van der Waals surface area contributed by atoms with E-state index in [2.05, 4.69) is 0 Å². The van der Waals surface area contributed by atoms with Crippen LogP contribution in [0.1, 0.15) is 0 Å². The monoisotopic (exact) mass is 470 g/mol. The maximum atomic E-state index is 10.6. The van der Waals surface area contributed by atoms with Crippen LogP contribution >= 0.6 is 0 Å². The number of aromatic hydroxyl groups is 2. The van der Waals surface area contributed by atoms with Crippen LogP contribution in [-0.2, 0) is 0 Å². The molecule has 2 N–H and O–H groups in total. The first kappa shape index (κ1) is 21.6. The molecule has 0 atom stereocenters. The molecule has 0 spiro atoms. The molecule has 0 unspecified atom stereocenters. The zero-order chi connectivity index (χ0) is 24.5. The number of hydrogen-bond acceptors (Lipinski definition) is 4. The van der Waals surface area contributed by atoms with Gasteiger partial charge in [-0.05, 0) is 35.0 Å². The van der Waals surface area contributed by atoms with Gasteiger partial charge in [0.2, 0.25) is 0 Å². The van der Waals surface area contributed by atoms with Crippen LogP contribution in [0, 0.1) is 0 Å². The smallest absolute Gasteiger partial charge is 0.194 e. The molecule has 0 aliphatic carbocycles. The molecule has 0 heterocycles. The minimum Gasteiger partial charge on any atom is -0.507 e. The lowest BCUT2D eigenvalue weighted by Gasteiger charge is -2.17. The highest BCUT2D eigenvalue weighted by Crippen LogP contribution is 2.43. The van der Waals surface area contributed by atoms with Gasteiger partial charge in [0, 0.05) is 33.0 Å². The maximum absolute atomic E-state index is 10.6. The van der Waals surface area contributed by atoms with E-state index in [1.165, 1.54) is 0 Å². The predicted octanol–water partition coefficient (Wildman–Crippen LogP) is 8.11. The summed E-state index contributed by atoms with van der Waals surface area (Å²) in [6.45, 7) is 0. The topological polar surface area (TPSA) is 58.9 Å². The molecule has 174 valence electrons. The molecule has 0 aliphatic rings. The third-order valence-corrected chi connectivity index (χ3v) is 6.36. The minimum absolute atomic E-state index is 0.151. The lowest BCUT2D eigenvalue weighted by Crippen LogP contribution is -2.04. The van der Waals surface area contributed by atoms with Gasteiger partial charge in [0.05, 0.1) is 0 Å². The molecule has 0 saturated carbocycles. The van der Waals surface area contributed by atoms with Gasteiger partial charge >= 0.3 is 0 Å². The van der Waals surface area contributed by atoms with Gasteiger partial charge in [0.25, 0.3) is 0 Å². The first-order valence-electron chi connectivity index (χ1n) is 11.7. The Morgan fingerprint density at radius 2 is 0.750 bits per heavy atom. The molecule has 0 saturated heterocycles. The summed E-state index contributed by atoms with van der Waals surface area (Å²) in [5, 5.41) is 24.8. The molecule has 4 nitrogen and oxygen atoms in total. The second kappa shape index (κ2) is 9.01. The predicted molar refractivity (Wildman–Crippen MR) is 143 cm³/mol. The Kier molecular flexibility index (Phi) is 5.39. The van der Waals surface area contributed by atoms with Crippen LogP contribution in [0.2, 0.25) is 0 Å². The van der Waals surface area contributed by atoms with Crippen molar-refractivity contribution in [3.05, 3.63) is 121 Å². The second-order valence-corrected chi connectivity index (χ2v) is 8.53. The van der Waals surface area contributed by atoms with E-state index in [0.717, 1.165) is 21.5 Å². The zero-order valence-corrected chi connectivity index (χ0v) is 19.3. The van der Waals surface area contributed by atoms with Crippen molar-refractivity contribution in [1.29, 1.82) is 0 Å². The van der Waals surface area contributed by atoms with E-state index in [4.69, 9.17) is 9.78 Å². The highest BCUT2D eigenvalue weighted by atomic mass is 17.2. The van der Waals surface area contributed by atoms with Gasteiger partial charge in [-0.25, -0.2) is 0 Å². The van der Waals surface area contributed by atoms with Crippen molar-refractivity contribution in [3.8, 4) is 45.3 Å². The molecule has 6 aromatic rings. The fraction of sp³-hybridized carbons (Fsp3) is 0. The lowest BCUT2D eigenvalue weighted by atomic mass is 9.99. The highest BCUT2D eigenvalue weighted by Gasteiger charge is 2.19. The average Bonchev–Trinajstić information content (AvgIpc) is 2.92. The van der Waals surface area contributed by atoms with Crippen LogP contribution in [0.25, 0.3) is 43.8 Å². The summed E-state index contributed by atoms with van der Waals surface area (Å²) in [6, 6.07) is 37.9. The lowest BCUT2D eigenvalue weighted by molar-refractivity contribution is -0.0957. The van der Waals surface area contributed by atoms with Crippen LogP contribution in [0.15, 0.2) is 121 Å². The Morgan fingerprint density at radius 3 is 1.19 bits per heavy atom. The number of hydrogen-bond donors (Lipinski definition) is 2. The van der Waals surface area contributed by atoms with E-state index in [-0.39, 0.29) is 11.5 Å². The molecule has 36 heavy (non-hydrogen) atoms. The molecule has 0 amide bonds. The van der Waals surface area contributed by atoms with Gasteiger partial charge in [-0.2, -0.15) is 0 Å². The summed E-state index contributed by atoms with van der Waals surface area (Å²) >= 11 is 0. The van der Waals surface area contributed by atoms with Crippen molar-refractivity contribution >= 4 is 21.5 Å². The Labute approximate surface area is 208 Å². The van der Waals surface area contributed by atoms with E-state index in [1.54, 1.807) is 24.3 Å². The molecular weight excluding hydrogens is 448 g/mol. The van der Waals surface area contributed by atoms with Gasteiger partial charge < -0.3 is 10.2 Å². The largest absolute Gasteiger partial charge is 0.507 e. The van der Waals surface area contributed by atoms with Gasteiger partial charge in [-0.3, -0.25) is 9.78 Å². The van der Waals surface area contributed by atoms with Crippen LogP contribution in [-0.4, -0.2) is 10.2 Å². The summed E-state index contributed by atoms with van der Waals surface area (Å²) in [5.41, 5.74) is 2.69. The van der Waals surface area contributed by atoms with Gasteiger partial charge in [-0.1, -0.05) is 97.1 Å². The van der Waals surface area contributed by atoms with E-state index < -0.39 is 0 Å². The molecule has 0 aromatic heterocycles. The van der Waals surface area contributed by atoms with Crippen LogP contribution in [0.3, 0.4) is 0 Å². The third kappa shape index (κ3) is 3.75. The van der Waals surface area contributed by atoms with Crippen LogP contribution < -0.4 is 9.78 Å². The van der Waals surface area contributed by atoms with Crippen molar-refractivity contribution in [3.63, 3.8) is 0 Å². The first-order chi connectivity index (χ1) is 17.7. The maximum Gasteiger partial charge on any atom is 0.194 e. The summed E-state index contributed by atoms with van der Waals surface area (Å²) in [6.07, 6.45) is 0. The summed E-state index contributed by atoms with van der Waals surface area (Å²) < 4.78 is 0. The quantitative estimate of drug-likeness (QED) is 0.197. The third-order valence-electron chi connectivity index (χ3n) is 6.36. The van der Waals surface area contributed by atoms with Crippen molar-refractivity contribution < 1.29 is 20.0 Å². The molecule has 0 fully saturated rings. The minimum atomic E-state index is 0.151. The SMILES string of the molecule is Oc1ccccc1-c1ccc2ccccc2c1OOc1c(-c2ccccc2O)ccc2ccccc12. The number of benzene rings is 6. The molecule has 0 aliphatic heterocycles. The van der Waals surface area contributed by atoms with E-state index in [1.807, 2.05) is 97.1 Å². The summed E-state index contributed by atoms with van der Waals surface area (Å²) in [7, 11) is 0. The molecular formula is C32H22O4. The van der Waals surface area contributed by atoms with Crippen LogP contribution in [0.5, 0.6) is 23.0 Å². The first-order valence-corrected chi connectivity index (χ1v) is 11.7.